The van der Waals surface area contributed by atoms with Gasteiger partial charge in [-0.3, -0.25) is 14.5 Å². The number of hydrogen-bond acceptors (Lipinski definition) is 4. The third kappa shape index (κ3) is 5.59. The van der Waals surface area contributed by atoms with Crippen LogP contribution in [0.25, 0.3) is 0 Å². The molecule has 2 aromatic carbocycles. The highest BCUT2D eigenvalue weighted by atomic mass is 16.3. The van der Waals surface area contributed by atoms with Gasteiger partial charge in [-0.25, -0.2) is 0 Å². The number of nitrogens with zero attached hydrogens (tertiary/aromatic N) is 2. The Morgan fingerprint density at radius 3 is 2.25 bits per heavy atom. The second-order valence-electron chi connectivity index (χ2n) is 11.1. The van der Waals surface area contributed by atoms with Gasteiger partial charge in [0.2, 0.25) is 5.91 Å². The third-order valence-corrected chi connectivity index (χ3v) is 7.47. The van der Waals surface area contributed by atoms with Crippen LogP contribution in [0.2, 0.25) is 0 Å². The molecule has 6 nitrogen and oxygen atoms in total. The standard InChI is InChI=1S/C30H43N3O3/c1-17(2)30(36)32-13-12-24-11-10-23(16-33(18(3)4)19(5)6)15-25(24)27(32)29(35)31-26-14-20(7)28(34)22(9)21(26)8/h10-11,14-15,17-19,27,34H,12-13,16H2,1-9H3,(H,31,35). The average Bonchev–Trinajstić information content (AvgIpc) is 2.82. The maximum Gasteiger partial charge on any atom is 0.251 e. The number of anilines is 1. The van der Waals surface area contributed by atoms with Crippen molar-refractivity contribution in [2.24, 2.45) is 5.92 Å². The number of aryl methyl sites for hydroxylation is 1. The van der Waals surface area contributed by atoms with Crippen LogP contribution in [-0.4, -0.2) is 45.3 Å². The summed E-state index contributed by atoms with van der Waals surface area (Å²) < 4.78 is 0. The normalized spacial score (nSPS) is 15.7. The van der Waals surface area contributed by atoms with Crippen LogP contribution in [0.5, 0.6) is 5.75 Å². The monoisotopic (exact) mass is 493 g/mol. The summed E-state index contributed by atoms with van der Waals surface area (Å²) >= 11 is 0. The predicted octanol–water partition coefficient (Wildman–Crippen LogP) is 5.66. The van der Waals surface area contributed by atoms with Gasteiger partial charge in [0.05, 0.1) is 0 Å². The van der Waals surface area contributed by atoms with E-state index in [9.17, 15) is 14.7 Å². The second-order valence-corrected chi connectivity index (χ2v) is 11.1. The molecule has 0 aliphatic carbocycles. The molecule has 1 unspecified atom stereocenters. The first-order valence-corrected chi connectivity index (χ1v) is 13.1. The van der Waals surface area contributed by atoms with E-state index in [0.29, 0.717) is 29.9 Å². The van der Waals surface area contributed by atoms with Gasteiger partial charge >= 0.3 is 0 Å². The van der Waals surface area contributed by atoms with Gasteiger partial charge in [0.15, 0.2) is 0 Å². The zero-order valence-corrected chi connectivity index (χ0v) is 23.4. The highest BCUT2D eigenvalue weighted by Crippen LogP contribution is 2.35. The first-order valence-electron chi connectivity index (χ1n) is 13.1. The largest absolute Gasteiger partial charge is 0.507 e. The van der Waals surface area contributed by atoms with Crippen LogP contribution in [-0.2, 0) is 22.6 Å². The number of benzene rings is 2. The number of fused-ring (bicyclic) bond motifs is 1. The van der Waals surface area contributed by atoms with Crippen LogP contribution in [0.15, 0.2) is 24.3 Å². The molecule has 0 aromatic heterocycles. The van der Waals surface area contributed by atoms with Gasteiger partial charge in [0.1, 0.15) is 11.8 Å². The van der Waals surface area contributed by atoms with Gasteiger partial charge in [0, 0.05) is 36.8 Å². The van der Waals surface area contributed by atoms with Gasteiger partial charge < -0.3 is 15.3 Å². The lowest BCUT2D eigenvalue weighted by Gasteiger charge is -2.38. The van der Waals surface area contributed by atoms with Crippen LogP contribution in [0.1, 0.15) is 81.0 Å². The maximum atomic E-state index is 13.9. The number of nitrogens with one attached hydrogen (secondary N) is 1. The molecule has 3 rings (SSSR count). The van der Waals surface area contributed by atoms with E-state index in [2.05, 4.69) is 56.1 Å². The SMILES string of the molecule is Cc1cc(NC(=O)C2c3cc(CN(C(C)C)C(C)C)ccc3CCN2C(=O)C(C)C)c(C)c(C)c1O. The van der Waals surface area contributed by atoms with Crippen molar-refractivity contribution >= 4 is 17.5 Å². The first kappa shape index (κ1) is 27.7. The number of carbonyl (C=O) groups is 2. The Balaban J connectivity index is 2.05. The number of aromatic hydroxyl groups is 1. The van der Waals surface area contributed by atoms with Gasteiger partial charge in [-0.2, -0.15) is 0 Å². The highest BCUT2D eigenvalue weighted by Gasteiger charge is 2.37. The van der Waals surface area contributed by atoms with Crippen LogP contribution >= 0.6 is 0 Å². The van der Waals surface area contributed by atoms with Crippen molar-refractivity contribution in [3.63, 3.8) is 0 Å². The molecule has 0 saturated heterocycles. The minimum absolute atomic E-state index is 0.0213. The van der Waals surface area contributed by atoms with E-state index in [-0.39, 0.29) is 23.5 Å². The molecule has 0 bridgehead atoms. The molecule has 0 fully saturated rings. The minimum Gasteiger partial charge on any atom is -0.507 e. The number of phenols is 1. The molecule has 1 aliphatic rings. The summed E-state index contributed by atoms with van der Waals surface area (Å²) in [7, 11) is 0. The summed E-state index contributed by atoms with van der Waals surface area (Å²) in [6.45, 7) is 19.4. The molecule has 6 heteroatoms. The molecule has 1 aliphatic heterocycles. The Morgan fingerprint density at radius 1 is 1.03 bits per heavy atom. The second kappa shape index (κ2) is 11.0. The van der Waals surface area contributed by atoms with Crippen molar-refractivity contribution in [3.8, 4) is 5.75 Å². The summed E-state index contributed by atoms with van der Waals surface area (Å²) in [5.41, 5.74) is 6.10. The van der Waals surface area contributed by atoms with Gasteiger partial charge in [-0.15, -0.1) is 0 Å². The Labute approximate surface area is 216 Å². The fraction of sp³-hybridized carbons (Fsp3) is 0.533. The van der Waals surface area contributed by atoms with E-state index < -0.39 is 6.04 Å². The summed E-state index contributed by atoms with van der Waals surface area (Å²) in [5.74, 6) is -0.205. The lowest BCUT2D eigenvalue weighted by molar-refractivity contribution is -0.142. The maximum absolute atomic E-state index is 13.9. The number of amides is 2. The van der Waals surface area contributed by atoms with E-state index in [4.69, 9.17) is 0 Å². The molecule has 2 amide bonds. The molecule has 196 valence electrons. The van der Waals surface area contributed by atoms with Crippen molar-refractivity contribution in [1.29, 1.82) is 0 Å². The third-order valence-electron chi connectivity index (χ3n) is 7.47. The predicted molar refractivity (Wildman–Crippen MR) is 146 cm³/mol. The summed E-state index contributed by atoms with van der Waals surface area (Å²) in [6.07, 6.45) is 0.729. The van der Waals surface area contributed by atoms with Crippen molar-refractivity contribution in [1.82, 2.24) is 9.80 Å². The fourth-order valence-electron chi connectivity index (χ4n) is 5.19. The number of carbonyl (C=O) groups excluding carboxylic acids is 2. The van der Waals surface area contributed by atoms with Crippen molar-refractivity contribution < 1.29 is 14.7 Å². The minimum atomic E-state index is -0.705. The molecule has 1 atom stereocenters. The van der Waals surface area contributed by atoms with Gasteiger partial charge in [0.25, 0.3) is 5.91 Å². The van der Waals surface area contributed by atoms with E-state index in [0.717, 1.165) is 40.8 Å². The lowest BCUT2D eigenvalue weighted by atomic mass is 9.89. The van der Waals surface area contributed by atoms with E-state index in [1.807, 2.05) is 34.6 Å². The lowest BCUT2D eigenvalue weighted by Crippen LogP contribution is -2.47. The molecule has 1 heterocycles. The van der Waals surface area contributed by atoms with Gasteiger partial charge in [-0.05, 0) is 94.3 Å². The Hall–Kier alpha value is -2.86. The highest BCUT2D eigenvalue weighted by molar-refractivity contribution is 5.99. The van der Waals surface area contributed by atoms with Crippen LogP contribution in [0.4, 0.5) is 5.69 Å². The van der Waals surface area contributed by atoms with E-state index in [1.54, 1.807) is 11.0 Å². The summed E-state index contributed by atoms with van der Waals surface area (Å²) in [4.78, 5) is 31.3. The molecule has 0 saturated carbocycles. The smallest absolute Gasteiger partial charge is 0.251 e. The number of phenolic OH excluding ortho intramolecular Hbond substituents is 1. The number of hydrogen-bond donors (Lipinski definition) is 2. The van der Waals surface area contributed by atoms with Crippen molar-refractivity contribution in [3.05, 3.63) is 57.6 Å². The quantitative estimate of drug-likeness (QED) is 0.489. The van der Waals surface area contributed by atoms with Crippen molar-refractivity contribution in [2.45, 2.75) is 93.4 Å². The molecule has 36 heavy (non-hydrogen) atoms. The molecular weight excluding hydrogens is 450 g/mol. The zero-order chi connectivity index (χ0) is 26.9. The average molecular weight is 494 g/mol. The van der Waals surface area contributed by atoms with E-state index >= 15 is 0 Å². The molecular formula is C30H43N3O3. The number of rotatable bonds is 7. The zero-order valence-electron chi connectivity index (χ0n) is 23.4. The van der Waals surface area contributed by atoms with Gasteiger partial charge in [-0.1, -0.05) is 32.0 Å². The molecule has 0 spiro atoms. The van der Waals surface area contributed by atoms with Crippen molar-refractivity contribution in [2.75, 3.05) is 11.9 Å². The fourth-order valence-corrected chi connectivity index (χ4v) is 5.19. The Morgan fingerprint density at radius 2 is 1.67 bits per heavy atom. The van der Waals surface area contributed by atoms with Crippen LogP contribution < -0.4 is 5.32 Å². The topological polar surface area (TPSA) is 72.9 Å². The summed E-state index contributed by atoms with van der Waals surface area (Å²) in [6, 6.07) is 8.28. The first-order chi connectivity index (χ1) is 16.8. The van der Waals surface area contributed by atoms with Crippen LogP contribution in [0, 0.1) is 26.7 Å². The summed E-state index contributed by atoms with van der Waals surface area (Å²) in [5, 5.41) is 13.4. The Bertz CT molecular complexity index is 1130. The van der Waals surface area contributed by atoms with Crippen LogP contribution in [0.3, 0.4) is 0 Å². The molecule has 2 aromatic rings. The van der Waals surface area contributed by atoms with E-state index in [1.165, 1.54) is 0 Å². The Kier molecular flexibility index (Phi) is 8.50. The molecule has 2 N–H and O–H groups in total. The molecule has 0 radical (unpaired) electrons.